The van der Waals surface area contributed by atoms with E-state index in [1.807, 2.05) is 31.2 Å². The van der Waals surface area contributed by atoms with Crippen molar-refractivity contribution in [2.75, 3.05) is 31.1 Å². The van der Waals surface area contributed by atoms with Crippen molar-refractivity contribution < 1.29 is 22.7 Å². The third-order valence-corrected chi connectivity index (χ3v) is 7.56. The maximum atomic E-state index is 13.5. The van der Waals surface area contributed by atoms with Crippen LogP contribution in [0.5, 0.6) is 11.5 Å². The van der Waals surface area contributed by atoms with Gasteiger partial charge in [-0.1, -0.05) is 54.8 Å². The van der Waals surface area contributed by atoms with Crippen LogP contribution in [-0.2, 0) is 21.2 Å². The summed E-state index contributed by atoms with van der Waals surface area (Å²) in [7, 11) is -2.57. The van der Waals surface area contributed by atoms with E-state index in [9.17, 15) is 13.2 Å². The molecule has 9 heteroatoms. The van der Waals surface area contributed by atoms with Crippen molar-refractivity contribution in [3.05, 3.63) is 82.9 Å². The summed E-state index contributed by atoms with van der Waals surface area (Å²) in [5.41, 5.74) is 2.41. The van der Waals surface area contributed by atoms with E-state index in [0.717, 1.165) is 22.7 Å². The quantitative estimate of drug-likeness (QED) is 0.333. The van der Waals surface area contributed by atoms with Crippen molar-refractivity contribution in [1.29, 1.82) is 0 Å². The standard InChI is InChI=1S/C27H31ClN2O5S/c1-4-5-21-8-11-23(12-9-21)35-17-16-29-27(31)19-30(22-10-15-26(34-3)25(28)18-22)36(32,33)24-13-6-20(2)7-14-24/h6-15,18H,4-5,16-17,19H2,1-3H3,(H,29,31). The molecule has 0 saturated heterocycles. The highest BCUT2D eigenvalue weighted by atomic mass is 35.5. The first kappa shape index (κ1) is 27.4. The molecule has 7 nitrogen and oxygen atoms in total. The Labute approximate surface area is 218 Å². The summed E-state index contributed by atoms with van der Waals surface area (Å²) in [6.07, 6.45) is 2.09. The number of ether oxygens (including phenoxy) is 2. The zero-order chi connectivity index (χ0) is 26.1. The maximum absolute atomic E-state index is 13.5. The van der Waals surface area contributed by atoms with Crippen LogP contribution < -0.4 is 19.1 Å². The average molecular weight is 531 g/mol. The number of sulfonamides is 1. The van der Waals surface area contributed by atoms with Gasteiger partial charge in [-0.05, 0) is 61.4 Å². The van der Waals surface area contributed by atoms with Crippen LogP contribution in [0.15, 0.2) is 71.6 Å². The normalized spacial score (nSPS) is 11.1. The number of methoxy groups -OCH3 is 1. The summed E-state index contributed by atoms with van der Waals surface area (Å²) < 4.78 is 38.9. The molecular weight excluding hydrogens is 500 g/mol. The van der Waals surface area contributed by atoms with Crippen LogP contribution in [0, 0.1) is 6.92 Å². The first-order valence-electron chi connectivity index (χ1n) is 11.7. The number of hydrogen-bond donors (Lipinski definition) is 1. The minimum atomic E-state index is -4.04. The van der Waals surface area contributed by atoms with Gasteiger partial charge in [0.05, 0.1) is 29.3 Å². The molecular formula is C27H31ClN2O5S. The summed E-state index contributed by atoms with van der Waals surface area (Å²) in [6, 6.07) is 18.9. The molecule has 0 aromatic heterocycles. The number of nitrogens with one attached hydrogen (secondary N) is 1. The SMILES string of the molecule is CCCc1ccc(OCCNC(=O)CN(c2ccc(OC)c(Cl)c2)S(=O)(=O)c2ccc(C)cc2)cc1. The lowest BCUT2D eigenvalue weighted by Crippen LogP contribution is -2.42. The van der Waals surface area contributed by atoms with Gasteiger partial charge >= 0.3 is 0 Å². The van der Waals surface area contributed by atoms with Gasteiger partial charge in [-0.2, -0.15) is 0 Å². The number of rotatable bonds is 12. The van der Waals surface area contributed by atoms with Crippen LogP contribution in [0.2, 0.25) is 5.02 Å². The smallest absolute Gasteiger partial charge is 0.264 e. The van der Waals surface area contributed by atoms with Gasteiger partial charge in [-0.25, -0.2) is 8.42 Å². The number of anilines is 1. The second kappa shape index (κ2) is 12.6. The van der Waals surface area contributed by atoms with E-state index in [1.165, 1.54) is 30.9 Å². The predicted octanol–water partition coefficient (Wildman–Crippen LogP) is 5.00. The number of aryl methyl sites for hydroxylation is 2. The van der Waals surface area contributed by atoms with Crippen LogP contribution >= 0.6 is 11.6 Å². The Balaban J connectivity index is 1.70. The van der Waals surface area contributed by atoms with Gasteiger partial charge in [0.15, 0.2) is 0 Å². The molecule has 3 aromatic rings. The fourth-order valence-electron chi connectivity index (χ4n) is 3.55. The monoisotopic (exact) mass is 530 g/mol. The first-order chi connectivity index (χ1) is 17.2. The molecule has 192 valence electrons. The Morgan fingerprint density at radius 3 is 2.33 bits per heavy atom. The third kappa shape index (κ3) is 7.15. The fraction of sp³-hybridized carbons (Fsp3) is 0.296. The molecule has 0 heterocycles. The second-order valence-electron chi connectivity index (χ2n) is 8.24. The molecule has 3 rings (SSSR count). The van der Waals surface area contributed by atoms with Crippen LogP contribution in [0.25, 0.3) is 0 Å². The van der Waals surface area contributed by atoms with E-state index in [4.69, 9.17) is 21.1 Å². The highest BCUT2D eigenvalue weighted by Crippen LogP contribution is 2.32. The molecule has 3 aromatic carbocycles. The Kier molecular flexibility index (Phi) is 9.61. The number of amides is 1. The van der Waals surface area contributed by atoms with Crippen molar-refractivity contribution in [2.45, 2.75) is 31.6 Å². The summed E-state index contributed by atoms with van der Waals surface area (Å²) in [5.74, 6) is 0.637. The minimum absolute atomic E-state index is 0.0719. The third-order valence-electron chi connectivity index (χ3n) is 5.47. The number of carbonyl (C=O) groups excluding carboxylic acids is 1. The lowest BCUT2D eigenvalue weighted by molar-refractivity contribution is -0.119. The van der Waals surface area contributed by atoms with E-state index < -0.39 is 22.5 Å². The zero-order valence-electron chi connectivity index (χ0n) is 20.7. The molecule has 0 unspecified atom stereocenters. The second-order valence-corrected chi connectivity index (χ2v) is 10.5. The molecule has 1 N–H and O–H groups in total. The maximum Gasteiger partial charge on any atom is 0.264 e. The minimum Gasteiger partial charge on any atom is -0.495 e. The van der Waals surface area contributed by atoms with Crippen molar-refractivity contribution in [1.82, 2.24) is 5.32 Å². The number of hydrogen-bond acceptors (Lipinski definition) is 5. The van der Waals surface area contributed by atoms with Crippen molar-refractivity contribution in [3.8, 4) is 11.5 Å². The van der Waals surface area contributed by atoms with Gasteiger partial charge < -0.3 is 14.8 Å². The first-order valence-corrected chi connectivity index (χ1v) is 13.5. The molecule has 0 spiro atoms. The van der Waals surface area contributed by atoms with Crippen molar-refractivity contribution in [2.24, 2.45) is 0 Å². The molecule has 0 bridgehead atoms. The topological polar surface area (TPSA) is 84.9 Å². The van der Waals surface area contributed by atoms with Crippen LogP contribution in [-0.4, -0.2) is 41.1 Å². The molecule has 0 radical (unpaired) electrons. The molecule has 1 amide bonds. The van der Waals surface area contributed by atoms with E-state index >= 15 is 0 Å². The lowest BCUT2D eigenvalue weighted by atomic mass is 10.1. The highest BCUT2D eigenvalue weighted by molar-refractivity contribution is 7.92. The summed E-state index contributed by atoms with van der Waals surface area (Å²) in [4.78, 5) is 12.8. The van der Waals surface area contributed by atoms with E-state index in [1.54, 1.807) is 24.3 Å². The number of benzene rings is 3. The Hall–Kier alpha value is -3.23. The van der Waals surface area contributed by atoms with Crippen LogP contribution in [0.4, 0.5) is 5.69 Å². The molecule has 36 heavy (non-hydrogen) atoms. The van der Waals surface area contributed by atoms with E-state index in [2.05, 4.69) is 12.2 Å². The van der Waals surface area contributed by atoms with Gasteiger partial charge in [0.1, 0.15) is 24.7 Å². The van der Waals surface area contributed by atoms with Gasteiger partial charge in [0.25, 0.3) is 10.0 Å². The van der Waals surface area contributed by atoms with Gasteiger partial charge in [0, 0.05) is 0 Å². The Morgan fingerprint density at radius 2 is 1.72 bits per heavy atom. The average Bonchev–Trinajstić information content (AvgIpc) is 2.86. The lowest BCUT2D eigenvalue weighted by Gasteiger charge is -2.24. The molecule has 0 aliphatic carbocycles. The molecule has 0 saturated carbocycles. The van der Waals surface area contributed by atoms with Gasteiger partial charge in [-0.3, -0.25) is 9.10 Å². The van der Waals surface area contributed by atoms with E-state index in [-0.39, 0.29) is 28.8 Å². The van der Waals surface area contributed by atoms with Gasteiger partial charge in [0.2, 0.25) is 5.91 Å². The molecule has 0 aliphatic heterocycles. The molecule has 0 aliphatic rings. The summed E-state index contributed by atoms with van der Waals surface area (Å²) in [5, 5.41) is 2.96. The predicted molar refractivity (Wildman–Crippen MR) is 143 cm³/mol. The molecule has 0 atom stereocenters. The number of carbonyl (C=O) groups is 1. The van der Waals surface area contributed by atoms with Crippen molar-refractivity contribution >= 4 is 33.2 Å². The molecule has 0 fully saturated rings. The van der Waals surface area contributed by atoms with E-state index in [0.29, 0.717) is 11.5 Å². The Bertz CT molecular complexity index is 1260. The zero-order valence-corrected chi connectivity index (χ0v) is 22.2. The largest absolute Gasteiger partial charge is 0.495 e. The number of halogens is 1. The summed E-state index contributed by atoms with van der Waals surface area (Å²) >= 11 is 6.25. The fourth-order valence-corrected chi connectivity index (χ4v) is 5.21. The van der Waals surface area contributed by atoms with Crippen LogP contribution in [0.1, 0.15) is 24.5 Å². The van der Waals surface area contributed by atoms with Crippen LogP contribution in [0.3, 0.4) is 0 Å². The number of nitrogens with zero attached hydrogens (tertiary/aromatic N) is 1. The summed E-state index contributed by atoms with van der Waals surface area (Å²) in [6.45, 7) is 4.04. The Morgan fingerprint density at radius 1 is 1.03 bits per heavy atom. The highest BCUT2D eigenvalue weighted by Gasteiger charge is 2.27. The van der Waals surface area contributed by atoms with Gasteiger partial charge in [-0.15, -0.1) is 0 Å². The van der Waals surface area contributed by atoms with Crippen molar-refractivity contribution in [3.63, 3.8) is 0 Å².